The molecule has 0 unspecified atom stereocenters. The van der Waals surface area contributed by atoms with Crippen molar-refractivity contribution in [3.63, 3.8) is 0 Å². The molecule has 0 spiro atoms. The molecule has 1 heterocycles. The quantitative estimate of drug-likeness (QED) is 0.636. The number of benzene rings is 2. The van der Waals surface area contributed by atoms with Crippen LogP contribution in [-0.2, 0) is 20.0 Å². The second kappa shape index (κ2) is 9.13. The van der Waals surface area contributed by atoms with E-state index in [9.17, 15) is 16.8 Å². The fourth-order valence-corrected chi connectivity index (χ4v) is 5.01. The fourth-order valence-electron chi connectivity index (χ4n) is 3.29. The van der Waals surface area contributed by atoms with Gasteiger partial charge in [-0.3, -0.25) is 9.44 Å². The van der Waals surface area contributed by atoms with Crippen LogP contribution in [0.25, 0.3) is 0 Å². The number of nitrogens with zero attached hydrogens (tertiary/aromatic N) is 1. The van der Waals surface area contributed by atoms with Gasteiger partial charge in [-0.05, 0) is 68.7 Å². The van der Waals surface area contributed by atoms with Gasteiger partial charge in [0.2, 0.25) is 10.0 Å². The molecule has 0 amide bonds. The van der Waals surface area contributed by atoms with E-state index in [2.05, 4.69) is 14.3 Å². The molecule has 164 valence electrons. The highest BCUT2D eigenvalue weighted by atomic mass is 32.2. The van der Waals surface area contributed by atoms with E-state index >= 15 is 0 Å². The Morgan fingerprint density at radius 2 is 1.60 bits per heavy atom. The fraction of sp³-hybridized carbons (Fsp3) is 0.400. The molecule has 30 heavy (non-hydrogen) atoms. The molecule has 0 bridgehead atoms. The van der Waals surface area contributed by atoms with Crippen molar-refractivity contribution in [2.75, 3.05) is 40.3 Å². The van der Waals surface area contributed by atoms with Gasteiger partial charge >= 0.3 is 0 Å². The smallest absolute Gasteiger partial charge is 0.261 e. The van der Waals surface area contributed by atoms with E-state index in [1.807, 2.05) is 0 Å². The van der Waals surface area contributed by atoms with Gasteiger partial charge in [0, 0.05) is 18.8 Å². The lowest BCUT2D eigenvalue weighted by Gasteiger charge is -2.31. The molecule has 1 aliphatic heterocycles. The van der Waals surface area contributed by atoms with Gasteiger partial charge < -0.3 is 9.64 Å². The van der Waals surface area contributed by atoms with E-state index in [1.165, 1.54) is 26.2 Å². The summed E-state index contributed by atoms with van der Waals surface area (Å²) in [5, 5.41) is 0. The molecule has 0 radical (unpaired) electrons. The predicted octanol–water partition coefficient (Wildman–Crippen LogP) is 3.25. The zero-order valence-electron chi connectivity index (χ0n) is 17.1. The molecule has 1 saturated heterocycles. The summed E-state index contributed by atoms with van der Waals surface area (Å²) in [5.41, 5.74) is 1.35. The summed E-state index contributed by atoms with van der Waals surface area (Å²) in [6, 6.07) is 11.0. The number of sulfonamides is 2. The molecule has 1 fully saturated rings. The van der Waals surface area contributed by atoms with Crippen LogP contribution < -0.4 is 19.1 Å². The lowest BCUT2D eigenvalue weighted by atomic mass is 10.1. The zero-order valence-corrected chi connectivity index (χ0v) is 18.7. The Morgan fingerprint density at radius 1 is 0.933 bits per heavy atom. The number of anilines is 3. The third-order valence-corrected chi connectivity index (χ3v) is 7.63. The Labute approximate surface area is 178 Å². The number of methoxy groups -OCH3 is 1. The summed E-state index contributed by atoms with van der Waals surface area (Å²) in [6.07, 6.45) is 3.16. The lowest BCUT2D eigenvalue weighted by molar-refractivity contribution is 0.415. The Morgan fingerprint density at radius 3 is 2.20 bits per heavy atom. The molecular weight excluding hydrogens is 426 g/mol. The number of hydrogen-bond donors (Lipinski definition) is 2. The van der Waals surface area contributed by atoms with Crippen molar-refractivity contribution in [3.8, 4) is 5.75 Å². The standard InChI is InChI=1S/C20H27N3O5S2/c1-3-29(24,25)22-19-15-18(11-12-20(19)23-13-5-4-6-14-23)30(26,27)21-16-7-9-17(28-2)10-8-16/h7-12,15,21-22H,3-6,13-14H2,1-2H3. The topological polar surface area (TPSA) is 105 Å². The minimum absolute atomic E-state index is 0.0205. The first kappa shape index (κ1) is 22.2. The maximum atomic E-state index is 12.9. The summed E-state index contributed by atoms with van der Waals surface area (Å²) < 4.78 is 60.4. The Hall–Kier alpha value is -2.46. The van der Waals surface area contributed by atoms with E-state index in [0.717, 1.165) is 32.4 Å². The third-order valence-electron chi connectivity index (χ3n) is 4.96. The predicted molar refractivity (Wildman–Crippen MR) is 119 cm³/mol. The van der Waals surface area contributed by atoms with E-state index in [0.29, 0.717) is 17.1 Å². The third kappa shape index (κ3) is 5.37. The van der Waals surface area contributed by atoms with Crippen LogP contribution in [0.3, 0.4) is 0 Å². The van der Waals surface area contributed by atoms with Crippen LogP contribution in [0.5, 0.6) is 5.75 Å². The number of piperidine rings is 1. The molecule has 1 aliphatic rings. The minimum atomic E-state index is -3.91. The van der Waals surface area contributed by atoms with Gasteiger partial charge in [0.1, 0.15) is 5.75 Å². The number of ether oxygens (including phenoxy) is 1. The summed E-state index contributed by atoms with van der Waals surface area (Å²) >= 11 is 0. The van der Waals surface area contributed by atoms with E-state index in [1.54, 1.807) is 30.3 Å². The van der Waals surface area contributed by atoms with Crippen molar-refractivity contribution in [1.29, 1.82) is 0 Å². The maximum Gasteiger partial charge on any atom is 0.261 e. The van der Waals surface area contributed by atoms with Crippen molar-refractivity contribution < 1.29 is 21.6 Å². The first-order valence-electron chi connectivity index (χ1n) is 9.80. The normalized spacial score (nSPS) is 14.9. The molecule has 0 aromatic heterocycles. The van der Waals surface area contributed by atoms with Crippen molar-refractivity contribution >= 4 is 37.1 Å². The highest BCUT2D eigenvalue weighted by Crippen LogP contribution is 2.32. The van der Waals surface area contributed by atoms with Gasteiger partial charge in [-0.1, -0.05) is 0 Å². The summed E-state index contributed by atoms with van der Waals surface area (Å²) in [5.74, 6) is 0.508. The Bertz CT molecular complexity index is 1080. The molecule has 0 saturated carbocycles. The second-order valence-corrected chi connectivity index (χ2v) is 10.8. The molecule has 10 heteroatoms. The van der Waals surface area contributed by atoms with Crippen LogP contribution in [0.1, 0.15) is 26.2 Å². The average molecular weight is 454 g/mol. The molecule has 2 aromatic carbocycles. The molecule has 2 aromatic rings. The van der Waals surface area contributed by atoms with Crippen LogP contribution in [0.15, 0.2) is 47.4 Å². The number of nitrogens with one attached hydrogen (secondary N) is 2. The summed E-state index contributed by atoms with van der Waals surface area (Å²) in [7, 11) is -5.95. The molecule has 3 rings (SSSR count). The molecule has 0 aliphatic carbocycles. The van der Waals surface area contributed by atoms with Crippen molar-refractivity contribution in [3.05, 3.63) is 42.5 Å². The first-order chi connectivity index (χ1) is 14.2. The number of rotatable bonds is 8. The van der Waals surface area contributed by atoms with Gasteiger partial charge in [-0.15, -0.1) is 0 Å². The minimum Gasteiger partial charge on any atom is -0.497 e. The first-order valence-corrected chi connectivity index (χ1v) is 12.9. The maximum absolute atomic E-state index is 12.9. The SMILES string of the molecule is CCS(=O)(=O)Nc1cc(S(=O)(=O)Nc2ccc(OC)cc2)ccc1N1CCCCC1. The van der Waals surface area contributed by atoms with Crippen molar-refractivity contribution in [2.24, 2.45) is 0 Å². The molecular formula is C20H27N3O5S2. The second-order valence-electron chi connectivity index (χ2n) is 7.07. The van der Waals surface area contributed by atoms with Gasteiger partial charge in [-0.2, -0.15) is 0 Å². The lowest BCUT2D eigenvalue weighted by Crippen LogP contribution is -2.30. The van der Waals surface area contributed by atoms with Gasteiger partial charge in [0.25, 0.3) is 10.0 Å². The van der Waals surface area contributed by atoms with E-state index in [-0.39, 0.29) is 16.3 Å². The molecule has 2 N–H and O–H groups in total. The molecule has 8 nitrogen and oxygen atoms in total. The highest BCUT2D eigenvalue weighted by Gasteiger charge is 2.22. The van der Waals surface area contributed by atoms with Crippen LogP contribution in [-0.4, -0.2) is 42.8 Å². The number of hydrogen-bond acceptors (Lipinski definition) is 6. The monoisotopic (exact) mass is 453 g/mol. The average Bonchev–Trinajstić information content (AvgIpc) is 2.74. The van der Waals surface area contributed by atoms with Crippen LogP contribution >= 0.6 is 0 Å². The summed E-state index contributed by atoms with van der Waals surface area (Å²) in [6.45, 7) is 3.14. The largest absolute Gasteiger partial charge is 0.497 e. The Balaban J connectivity index is 1.95. The van der Waals surface area contributed by atoms with Crippen LogP contribution in [0.4, 0.5) is 17.1 Å². The van der Waals surface area contributed by atoms with Gasteiger partial charge in [0.15, 0.2) is 0 Å². The van der Waals surface area contributed by atoms with Crippen molar-refractivity contribution in [1.82, 2.24) is 0 Å². The summed E-state index contributed by atoms with van der Waals surface area (Å²) in [4.78, 5) is 2.07. The van der Waals surface area contributed by atoms with E-state index < -0.39 is 20.0 Å². The van der Waals surface area contributed by atoms with Crippen LogP contribution in [0, 0.1) is 0 Å². The van der Waals surface area contributed by atoms with Gasteiger partial charge in [-0.25, -0.2) is 16.8 Å². The van der Waals surface area contributed by atoms with Crippen LogP contribution in [0.2, 0.25) is 0 Å². The van der Waals surface area contributed by atoms with Crippen molar-refractivity contribution in [2.45, 2.75) is 31.1 Å². The highest BCUT2D eigenvalue weighted by molar-refractivity contribution is 7.93. The van der Waals surface area contributed by atoms with Gasteiger partial charge in [0.05, 0.1) is 29.1 Å². The molecule has 0 atom stereocenters. The Kier molecular flexibility index (Phi) is 6.77. The van der Waals surface area contributed by atoms with E-state index in [4.69, 9.17) is 4.74 Å². The zero-order chi connectivity index (χ0) is 21.8.